The summed E-state index contributed by atoms with van der Waals surface area (Å²) in [4.78, 5) is 11.9. The molecule has 0 spiro atoms. The van der Waals surface area contributed by atoms with Crippen molar-refractivity contribution < 1.29 is 4.79 Å². The number of amides is 1. The van der Waals surface area contributed by atoms with E-state index < -0.39 is 0 Å². The highest BCUT2D eigenvalue weighted by Crippen LogP contribution is 2.12. The van der Waals surface area contributed by atoms with Crippen molar-refractivity contribution in [3.05, 3.63) is 65.2 Å². The van der Waals surface area contributed by atoms with Crippen molar-refractivity contribution in [2.45, 2.75) is 25.6 Å². The zero-order valence-electron chi connectivity index (χ0n) is 11.5. The van der Waals surface area contributed by atoms with E-state index in [0.29, 0.717) is 12.3 Å². The second kappa shape index (κ2) is 7.11. The van der Waals surface area contributed by atoms with Crippen LogP contribution in [0.3, 0.4) is 0 Å². The Morgan fingerprint density at radius 2 is 1.85 bits per heavy atom. The van der Waals surface area contributed by atoms with Gasteiger partial charge in [-0.2, -0.15) is 0 Å². The first kappa shape index (κ1) is 14.6. The SMILES string of the molecule is Cc1cccc(CCC(=O)Nc2ccc(CCl)cc2)c1. The molecule has 0 aromatic heterocycles. The molecule has 2 aromatic carbocycles. The quantitative estimate of drug-likeness (QED) is 0.816. The highest BCUT2D eigenvalue weighted by Gasteiger charge is 2.03. The van der Waals surface area contributed by atoms with Gasteiger partial charge in [0.25, 0.3) is 0 Å². The minimum atomic E-state index is 0.0325. The summed E-state index contributed by atoms with van der Waals surface area (Å²) in [6, 6.07) is 15.8. The number of carbonyl (C=O) groups is 1. The number of hydrogen-bond acceptors (Lipinski definition) is 1. The lowest BCUT2D eigenvalue weighted by Gasteiger charge is -2.06. The van der Waals surface area contributed by atoms with Crippen LogP contribution in [0.4, 0.5) is 5.69 Å². The Labute approximate surface area is 124 Å². The Hall–Kier alpha value is -1.80. The largest absolute Gasteiger partial charge is 0.326 e. The number of anilines is 1. The van der Waals surface area contributed by atoms with E-state index in [2.05, 4.69) is 30.4 Å². The van der Waals surface area contributed by atoms with Crippen molar-refractivity contribution in [3.63, 3.8) is 0 Å². The smallest absolute Gasteiger partial charge is 0.224 e. The van der Waals surface area contributed by atoms with Crippen molar-refractivity contribution >= 4 is 23.2 Å². The number of halogens is 1. The van der Waals surface area contributed by atoms with Gasteiger partial charge in [-0.15, -0.1) is 11.6 Å². The van der Waals surface area contributed by atoms with Gasteiger partial charge in [0, 0.05) is 18.0 Å². The maximum atomic E-state index is 11.9. The molecule has 104 valence electrons. The summed E-state index contributed by atoms with van der Waals surface area (Å²) >= 11 is 5.73. The molecule has 2 rings (SSSR count). The Balaban J connectivity index is 1.85. The minimum absolute atomic E-state index is 0.0325. The molecule has 3 heteroatoms. The van der Waals surface area contributed by atoms with Crippen molar-refractivity contribution in [2.24, 2.45) is 0 Å². The van der Waals surface area contributed by atoms with E-state index in [1.165, 1.54) is 11.1 Å². The molecule has 0 aliphatic rings. The monoisotopic (exact) mass is 287 g/mol. The van der Waals surface area contributed by atoms with Crippen LogP contribution in [0.1, 0.15) is 23.1 Å². The highest BCUT2D eigenvalue weighted by molar-refractivity contribution is 6.17. The van der Waals surface area contributed by atoms with Gasteiger partial charge in [-0.25, -0.2) is 0 Å². The number of rotatable bonds is 5. The number of alkyl halides is 1. The molecular formula is C17H18ClNO. The van der Waals surface area contributed by atoms with Gasteiger partial charge in [0.2, 0.25) is 5.91 Å². The van der Waals surface area contributed by atoms with Crippen LogP contribution in [-0.2, 0) is 17.1 Å². The number of nitrogens with one attached hydrogen (secondary N) is 1. The lowest BCUT2D eigenvalue weighted by Crippen LogP contribution is -2.12. The van der Waals surface area contributed by atoms with E-state index in [4.69, 9.17) is 11.6 Å². The van der Waals surface area contributed by atoms with Crippen molar-refractivity contribution in [1.29, 1.82) is 0 Å². The molecule has 0 atom stereocenters. The molecule has 0 radical (unpaired) electrons. The molecule has 0 heterocycles. The predicted octanol–water partition coefficient (Wildman–Crippen LogP) is 4.31. The number of aryl methyl sites for hydroxylation is 2. The first-order valence-corrected chi connectivity index (χ1v) is 7.21. The molecule has 20 heavy (non-hydrogen) atoms. The van der Waals surface area contributed by atoms with Gasteiger partial charge in [0.05, 0.1) is 0 Å². The fraction of sp³-hybridized carbons (Fsp3) is 0.235. The summed E-state index contributed by atoms with van der Waals surface area (Å²) in [7, 11) is 0. The van der Waals surface area contributed by atoms with E-state index in [0.717, 1.165) is 17.7 Å². The lowest BCUT2D eigenvalue weighted by atomic mass is 10.1. The molecule has 2 nitrogen and oxygen atoms in total. The van der Waals surface area contributed by atoms with E-state index in [1.807, 2.05) is 30.3 Å². The molecule has 2 aromatic rings. The second-order valence-electron chi connectivity index (χ2n) is 4.87. The molecule has 0 saturated carbocycles. The van der Waals surface area contributed by atoms with Crippen LogP contribution in [0.25, 0.3) is 0 Å². The highest BCUT2D eigenvalue weighted by atomic mass is 35.5. The fourth-order valence-corrected chi connectivity index (χ4v) is 2.20. The average Bonchev–Trinajstić information content (AvgIpc) is 2.46. The summed E-state index contributed by atoms with van der Waals surface area (Å²) in [6.45, 7) is 2.06. The Kier molecular flexibility index (Phi) is 5.19. The maximum absolute atomic E-state index is 11.9. The minimum Gasteiger partial charge on any atom is -0.326 e. The molecule has 0 fully saturated rings. The third-order valence-electron chi connectivity index (χ3n) is 3.12. The van der Waals surface area contributed by atoms with E-state index in [1.54, 1.807) is 0 Å². The van der Waals surface area contributed by atoms with Crippen LogP contribution in [-0.4, -0.2) is 5.91 Å². The Bertz CT molecular complexity index is 578. The average molecular weight is 288 g/mol. The Morgan fingerprint density at radius 1 is 1.10 bits per heavy atom. The molecule has 0 aliphatic carbocycles. The van der Waals surface area contributed by atoms with E-state index in [-0.39, 0.29) is 5.91 Å². The zero-order valence-corrected chi connectivity index (χ0v) is 12.3. The van der Waals surface area contributed by atoms with Crippen molar-refractivity contribution in [1.82, 2.24) is 0 Å². The predicted molar refractivity (Wildman–Crippen MR) is 84.1 cm³/mol. The Morgan fingerprint density at radius 3 is 2.50 bits per heavy atom. The van der Waals surface area contributed by atoms with Gasteiger partial charge in [-0.3, -0.25) is 4.79 Å². The topological polar surface area (TPSA) is 29.1 Å². The molecular weight excluding hydrogens is 270 g/mol. The summed E-state index contributed by atoms with van der Waals surface area (Å²) in [5, 5.41) is 2.90. The molecule has 0 unspecified atom stereocenters. The summed E-state index contributed by atoms with van der Waals surface area (Å²) < 4.78 is 0. The first-order valence-electron chi connectivity index (χ1n) is 6.67. The standard InChI is InChI=1S/C17H18ClNO/c1-13-3-2-4-14(11-13)7-10-17(20)19-16-8-5-15(12-18)6-9-16/h2-6,8-9,11H,7,10,12H2,1H3,(H,19,20). The summed E-state index contributed by atoms with van der Waals surface area (Å²) in [5.41, 5.74) is 4.27. The molecule has 0 bridgehead atoms. The molecule has 0 saturated heterocycles. The van der Waals surface area contributed by atoms with Crippen LogP contribution < -0.4 is 5.32 Å². The third kappa shape index (κ3) is 4.39. The van der Waals surface area contributed by atoms with Crippen LogP contribution in [0.5, 0.6) is 0 Å². The van der Waals surface area contributed by atoms with Crippen LogP contribution in [0.2, 0.25) is 0 Å². The number of hydrogen-bond donors (Lipinski definition) is 1. The fourth-order valence-electron chi connectivity index (χ4n) is 2.03. The molecule has 0 aliphatic heterocycles. The molecule has 1 N–H and O–H groups in total. The van der Waals surface area contributed by atoms with Gasteiger partial charge >= 0.3 is 0 Å². The normalized spacial score (nSPS) is 10.3. The van der Waals surface area contributed by atoms with Gasteiger partial charge in [-0.05, 0) is 36.6 Å². The zero-order chi connectivity index (χ0) is 14.4. The van der Waals surface area contributed by atoms with Crippen molar-refractivity contribution in [2.75, 3.05) is 5.32 Å². The second-order valence-corrected chi connectivity index (χ2v) is 5.14. The number of benzene rings is 2. The summed E-state index contributed by atoms with van der Waals surface area (Å²) in [5.74, 6) is 0.520. The van der Waals surface area contributed by atoms with Crippen LogP contribution in [0, 0.1) is 6.92 Å². The van der Waals surface area contributed by atoms with E-state index >= 15 is 0 Å². The molecule has 1 amide bonds. The first-order chi connectivity index (χ1) is 9.67. The van der Waals surface area contributed by atoms with E-state index in [9.17, 15) is 4.79 Å². The van der Waals surface area contributed by atoms with Crippen LogP contribution in [0.15, 0.2) is 48.5 Å². The maximum Gasteiger partial charge on any atom is 0.224 e. The third-order valence-corrected chi connectivity index (χ3v) is 3.42. The summed E-state index contributed by atoms with van der Waals surface area (Å²) in [6.07, 6.45) is 1.24. The van der Waals surface area contributed by atoms with Gasteiger partial charge < -0.3 is 5.32 Å². The number of carbonyl (C=O) groups excluding carboxylic acids is 1. The van der Waals surface area contributed by atoms with Gasteiger partial charge in [0.1, 0.15) is 0 Å². The lowest BCUT2D eigenvalue weighted by molar-refractivity contribution is -0.116. The van der Waals surface area contributed by atoms with Gasteiger partial charge in [-0.1, -0.05) is 42.0 Å². The van der Waals surface area contributed by atoms with Crippen molar-refractivity contribution in [3.8, 4) is 0 Å². The van der Waals surface area contributed by atoms with Crippen LogP contribution >= 0.6 is 11.6 Å². The van der Waals surface area contributed by atoms with Gasteiger partial charge in [0.15, 0.2) is 0 Å².